The van der Waals surface area contributed by atoms with E-state index in [0.717, 1.165) is 17.2 Å². The second-order valence-corrected chi connectivity index (χ2v) is 7.03. The van der Waals surface area contributed by atoms with E-state index in [9.17, 15) is 13.2 Å². The van der Waals surface area contributed by atoms with Gasteiger partial charge in [-0.05, 0) is 36.4 Å². The van der Waals surface area contributed by atoms with Crippen LogP contribution in [0, 0.1) is 0 Å². The second kappa shape index (κ2) is 6.29. The molecule has 0 fully saturated rings. The van der Waals surface area contributed by atoms with Gasteiger partial charge in [0.1, 0.15) is 0 Å². The predicted octanol–water partition coefficient (Wildman–Crippen LogP) is 2.86. The van der Waals surface area contributed by atoms with Crippen LogP contribution in [-0.4, -0.2) is 25.6 Å². The van der Waals surface area contributed by atoms with Crippen LogP contribution >= 0.6 is 0 Å². The summed E-state index contributed by atoms with van der Waals surface area (Å²) in [7, 11) is -3.37. The zero-order chi connectivity index (χ0) is 17.2. The van der Waals surface area contributed by atoms with Crippen molar-refractivity contribution < 1.29 is 13.2 Å². The topological polar surface area (TPSA) is 88.2 Å². The third-order valence-corrected chi connectivity index (χ3v) is 3.92. The highest BCUT2D eigenvalue weighted by molar-refractivity contribution is 7.92. The van der Waals surface area contributed by atoms with E-state index in [-0.39, 0.29) is 5.91 Å². The smallest absolute Gasteiger partial charge is 0.256 e. The lowest BCUT2D eigenvalue weighted by Crippen LogP contribution is -2.13. The molecule has 0 saturated heterocycles. The van der Waals surface area contributed by atoms with Gasteiger partial charge >= 0.3 is 0 Å². The fraction of sp³-hybridized carbons (Fsp3) is 0.0588. The van der Waals surface area contributed by atoms with E-state index in [1.807, 2.05) is 12.1 Å². The number of carbonyl (C=O) groups is 1. The van der Waals surface area contributed by atoms with E-state index >= 15 is 0 Å². The van der Waals surface area contributed by atoms with Crippen LogP contribution in [0.3, 0.4) is 0 Å². The predicted molar refractivity (Wildman–Crippen MR) is 94.6 cm³/mol. The first kappa shape index (κ1) is 15.9. The van der Waals surface area contributed by atoms with Crippen molar-refractivity contribution in [3.05, 3.63) is 66.4 Å². The van der Waals surface area contributed by atoms with Crippen LogP contribution < -0.4 is 10.0 Å². The van der Waals surface area contributed by atoms with E-state index in [1.165, 1.54) is 0 Å². The lowest BCUT2D eigenvalue weighted by atomic mass is 10.1. The van der Waals surface area contributed by atoms with Gasteiger partial charge in [0.05, 0.1) is 17.5 Å². The van der Waals surface area contributed by atoms with Crippen molar-refractivity contribution in [3.63, 3.8) is 0 Å². The van der Waals surface area contributed by atoms with E-state index in [0.29, 0.717) is 16.9 Å². The maximum atomic E-state index is 12.5. The summed E-state index contributed by atoms with van der Waals surface area (Å²) in [5.41, 5.74) is 2.11. The van der Waals surface area contributed by atoms with Crippen LogP contribution in [-0.2, 0) is 10.0 Å². The first-order valence-electron chi connectivity index (χ1n) is 7.15. The van der Waals surface area contributed by atoms with Crippen molar-refractivity contribution in [2.75, 3.05) is 16.3 Å². The lowest BCUT2D eigenvalue weighted by molar-refractivity contribution is 0.102. The molecule has 2 N–H and O–H groups in total. The summed E-state index contributed by atoms with van der Waals surface area (Å²) in [6.07, 6.45) is 2.74. The molecule has 122 valence electrons. The molecule has 1 heterocycles. The van der Waals surface area contributed by atoms with Crippen LogP contribution in [0.2, 0.25) is 0 Å². The molecule has 0 atom stereocenters. The summed E-state index contributed by atoms with van der Waals surface area (Å²) in [5, 5.41) is 3.53. The number of rotatable bonds is 4. The zero-order valence-corrected chi connectivity index (χ0v) is 13.7. The summed E-state index contributed by atoms with van der Waals surface area (Å²) in [6.45, 7) is 0. The summed E-state index contributed by atoms with van der Waals surface area (Å²) in [4.78, 5) is 16.8. The van der Waals surface area contributed by atoms with E-state index in [2.05, 4.69) is 15.0 Å². The Bertz CT molecular complexity index is 1010. The number of nitrogens with zero attached hydrogens (tertiary/aromatic N) is 1. The van der Waals surface area contributed by atoms with Crippen molar-refractivity contribution in [1.82, 2.24) is 4.98 Å². The quantitative estimate of drug-likeness (QED) is 0.764. The summed E-state index contributed by atoms with van der Waals surface area (Å²) in [5.74, 6) is -0.287. The Kier molecular flexibility index (Phi) is 4.18. The molecule has 2 aromatic carbocycles. The van der Waals surface area contributed by atoms with Crippen LogP contribution in [0.4, 0.5) is 11.4 Å². The minimum absolute atomic E-state index is 0.287. The minimum Gasteiger partial charge on any atom is -0.322 e. The number of sulfonamides is 1. The molecule has 0 aliphatic rings. The molecule has 3 rings (SSSR count). The zero-order valence-electron chi connectivity index (χ0n) is 12.9. The van der Waals surface area contributed by atoms with Gasteiger partial charge in [-0.25, -0.2) is 8.42 Å². The normalized spacial score (nSPS) is 11.2. The summed E-state index contributed by atoms with van der Waals surface area (Å²) in [6, 6.07) is 15.4. The molecular formula is C17H15N3O3S. The van der Waals surface area contributed by atoms with E-state index in [4.69, 9.17) is 0 Å². The molecule has 0 unspecified atom stereocenters. The van der Waals surface area contributed by atoms with E-state index < -0.39 is 10.0 Å². The molecular weight excluding hydrogens is 326 g/mol. The molecule has 0 saturated carbocycles. The van der Waals surface area contributed by atoms with Gasteiger partial charge in [-0.15, -0.1) is 0 Å². The molecule has 0 aliphatic heterocycles. The second-order valence-electron chi connectivity index (χ2n) is 5.28. The lowest BCUT2D eigenvalue weighted by Gasteiger charge is -2.10. The number of amides is 1. The average Bonchev–Trinajstić information content (AvgIpc) is 2.53. The molecule has 0 bridgehead atoms. The molecule has 3 aromatic rings. The Morgan fingerprint density at radius 3 is 2.54 bits per heavy atom. The summed E-state index contributed by atoms with van der Waals surface area (Å²) >= 11 is 0. The maximum Gasteiger partial charge on any atom is 0.256 e. The fourth-order valence-electron chi connectivity index (χ4n) is 2.37. The fourth-order valence-corrected chi connectivity index (χ4v) is 2.93. The number of carbonyl (C=O) groups excluding carboxylic acids is 1. The maximum absolute atomic E-state index is 12.5. The molecule has 0 spiro atoms. The SMILES string of the molecule is CS(=O)(=O)Nc1cccc(NC(=O)c2cccc3ncccc23)c1. The molecule has 6 nitrogen and oxygen atoms in total. The van der Waals surface area contributed by atoms with Crippen molar-refractivity contribution in [1.29, 1.82) is 0 Å². The van der Waals surface area contributed by atoms with Crippen molar-refractivity contribution in [3.8, 4) is 0 Å². The van der Waals surface area contributed by atoms with Gasteiger partial charge in [-0.3, -0.25) is 14.5 Å². The minimum atomic E-state index is -3.37. The molecule has 1 amide bonds. The number of nitrogens with one attached hydrogen (secondary N) is 2. The van der Waals surface area contributed by atoms with Crippen molar-refractivity contribution in [2.45, 2.75) is 0 Å². The number of hydrogen-bond acceptors (Lipinski definition) is 4. The highest BCUT2D eigenvalue weighted by Gasteiger charge is 2.11. The molecule has 0 aliphatic carbocycles. The number of anilines is 2. The van der Waals surface area contributed by atoms with Gasteiger partial charge in [-0.1, -0.05) is 18.2 Å². The Hall–Kier alpha value is -2.93. The Morgan fingerprint density at radius 2 is 1.75 bits per heavy atom. The molecule has 0 radical (unpaired) electrons. The van der Waals surface area contributed by atoms with Gasteiger partial charge in [0.25, 0.3) is 5.91 Å². The third-order valence-electron chi connectivity index (χ3n) is 3.31. The Labute approximate surface area is 139 Å². The standard InChI is InChI=1S/C17H15N3O3S/c1-24(22,23)20-13-6-2-5-12(11-13)19-17(21)15-7-3-9-16-14(15)8-4-10-18-16/h2-11,20H,1H3,(H,19,21). The number of fused-ring (bicyclic) bond motifs is 1. The van der Waals surface area contributed by atoms with Crippen molar-refractivity contribution >= 4 is 38.2 Å². The number of hydrogen-bond donors (Lipinski definition) is 2. The van der Waals surface area contributed by atoms with Crippen molar-refractivity contribution in [2.24, 2.45) is 0 Å². The largest absolute Gasteiger partial charge is 0.322 e. The highest BCUT2D eigenvalue weighted by atomic mass is 32.2. The number of benzene rings is 2. The van der Waals surface area contributed by atoms with Gasteiger partial charge in [0.15, 0.2) is 0 Å². The van der Waals surface area contributed by atoms with Crippen LogP contribution in [0.5, 0.6) is 0 Å². The molecule has 7 heteroatoms. The molecule has 24 heavy (non-hydrogen) atoms. The molecule has 1 aromatic heterocycles. The first-order chi connectivity index (χ1) is 11.4. The monoisotopic (exact) mass is 341 g/mol. The van der Waals surface area contributed by atoms with Crippen LogP contribution in [0.1, 0.15) is 10.4 Å². The third kappa shape index (κ3) is 3.69. The highest BCUT2D eigenvalue weighted by Crippen LogP contribution is 2.20. The van der Waals surface area contributed by atoms with Crippen LogP contribution in [0.15, 0.2) is 60.8 Å². The van der Waals surface area contributed by atoms with Gasteiger partial charge in [-0.2, -0.15) is 0 Å². The Balaban J connectivity index is 1.88. The number of pyridine rings is 1. The average molecular weight is 341 g/mol. The Morgan fingerprint density at radius 1 is 1.00 bits per heavy atom. The van der Waals surface area contributed by atoms with Gasteiger partial charge in [0.2, 0.25) is 10.0 Å². The van der Waals surface area contributed by atoms with E-state index in [1.54, 1.807) is 48.7 Å². The van der Waals surface area contributed by atoms with Gasteiger partial charge < -0.3 is 5.32 Å². The van der Waals surface area contributed by atoms with Gasteiger partial charge in [0, 0.05) is 22.8 Å². The summed E-state index contributed by atoms with van der Waals surface area (Å²) < 4.78 is 25.0. The first-order valence-corrected chi connectivity index (χ1v) is 9.04. The van der Waals surface area contributed by atoms with Crippen LogP contribution in [0.25, 0.3) is 10.9 Å². The number of aromatic nitrogens is 1.